The molecule has 0 radical (unpaired) electrons. The van der Waals surface area contributed by atoms with Crippen molar-refractivity contribution in [2.45, 2.75) is 33.2 Å². The van der Waals surface area contributed by atoms with Crippen LogP contribution >= 0.6 is 15.9 Å². The van der Waals surface area contributed by atoms with Gasteiger partial charge >= 0.3 is 0 Å². The van der Waals surface area contributed by atoms with Crippen molar-refractivity contribution in [1.82, 2.24) is 0 Å². The highest BCUT2D eigenvalue weighted by molar-refractivity contribution is 9.10. The Balaban J connectivity index is 3.15. The van der Waals surface area contributed by atoms with E-state index in [4.69, 9.17) is 5.73 Å². The predicted molar refractivity (Wildman–Crippen MR) is 60.8 cm³/mol. The van der Waals surface area contributed by atoms with E-state index in [1.54, 1.807) is 0 Å². The summed E-state index contributed by atoms with van der Waals surface area (Å²) in [6.45, 7) is 6.33. The summed E-state index contributed by atoms with van der Waals surface area (Å²) in [4.78, 5) is 0. The van der Waals surface area contributed by atoms with Gasteiger partial charge in [0.1, 0.15) is 0 Å². The van der Waals surface area contributed by atoms with E-state index in [9.17, 15) is 0 Å². The van der Waals surface area contributed by atoms with Gasteiger partial charge in [-0.3, -0.25) is 0 Å². The Morgan fingerprint density at radius 1 is 1.31 bits per heavy atom. The number of hydrogen-bond acceptors (Lipinski definition) is 1. The monoisotopic (exact) mass is 241 g/mol. The number of benzene rings is 1. The topological polar surface area (TPSA) is 26.0 Å². The molecule has 13 heavy (non-hydrogen) atoms. The summed E-state index contributed by atoms with van der Waals surface area (Å²) >= 11 is 3.54. The zero-order valence-corrected chi connectivity index (χ0v) is 9.98. The first kappa shape index (κ1) is 10.7. The SMILES string of the molecule is CCC(N)c1cc(C)c(C)cc1Br. The van der Waals surface area contributed by atoms with E-state index in [-0.39, 0.29) is 6.04 Å². The molecule has 1 unspecified atom stereocenters. The Morgan fingerprint density at radius 2 is 1.85 bits per heavy atom. The van der Waals surface area contributed by atoms with Gasteiger partial charge in [0.05, 0.1) is 0 Å². The van der Waals surface area contributed by atoms with Crippen LogP contribution in [0.5, 0.6) is 0 Å². The molecule has 1 rings (SSSR count). The van der Waals surface area contributed by atoms with Crippen molar-refractivity contribution in [3.63, 3.8) is 0 Å². The fraction of sp³-hybridized carbons (Fsp3) is 0.455. The Labute approximate surface area is 88.5 Å². The van der Waals surface area contributed by atoms with E-state index in [1.165, 1.54) is 16.7 Å². The van der Waals surface area contributed by atoms with Gasteiger partial charge in [-0.25, -0.2) is 0 Å². The second-order valence-corrected chi connectivity index (χ2v) is 4.33. The van der Waals surface area contributed by atoms with Crippen LogP contribution in [0.1, 0.15) is 36.1 Å². The van der Waals surface area contributed by atoms with Crippen LogP contribution in [-0.2, 0) is 0 Å². The summed E-state index contributed by atoms with van der Waals surface area (Å²) in [5.41, 5.74) is 9.81. The van der Waals surface area contributed by atoms with Gasteiger partial charge in [0, 0.05) is 10.5 Å². The minimum absolute atomic E-state index is 0.147. The first-order valence-corrected chi connectivity index (χ1v) is 5.37. The average Bonchev–Trinajstić information content (AvgIpc) is 2.10. The molecule has 0 fully saturated rings. The van der Waals surface area contributed by atoms with Gasteiger partial charge in [0.15, 0.2) is 0 Å². The molecule has 0 bridgehead atoms. The minimum atomic E-state index is 0.147. The molecule has 1 nitrogen and oxygen atoms in total. The largest absolute Gasteiger partial charge is 0.324 e. The summed E-state index contributed by atoms with van der Waals surface area (Å²) in [7, 11) is 0. The molecule has 72 valence electrons. The number of aryl methyl sites for hydroxylation is 2. The van der Waals surface area contributed by atoms with E-state index in [2.05, 4.69) is 48.8 Å². The number of halogens is 1. The number of nitrogens with two attached hydrogens (primary N) is 1. The fourth-order valence-electron chi connectivity index (χ4n) is 1.31. The van der Waals surface area contributed by atoms with Crippen molar-refractivity contribution < 1.29 is 0 Å². The fourth-order valence-corrected chi connectivity index (χ4v) is 2.06. The first-order valence-electron chi connectivity index (χ1n) is 4.58. The van der Waals surface area contributed by atoms with Crippen LogP contribution in [0.3, 0.4) is 0 Å². The zero-order valence-electron chi connectivity index (χ0n) is 8.39. The highest BCUT2D eigenvalue weighted by Gasteiger charge is 2.08. The summed E-state index contributed by atoms with van der Waals surface area (Å²) in [5, 5.41) is 0. The van der Waals surface area contributed by atoms with Crippen molar-refractivity contribution in [1.29, 1.82) is 0 Å². The molecule has 0 heterocycles. The predicted octanol–water partition coefficient (Wildman–Crippen LogP) is 3.48. The summed E-state index contributed by atoms with van der Waals surface area (Å²) < 4.78 is 1.13. The van der Waals surface area contributed by atoms with Crippen LogP contribution in [0.15, 0.2) is 16.6 Å². The molecule has 1 aromatic carbocycles. The lowest BCUT2D eigenvalue weighted by Crippen LogP contribution is -2.09. The zero-order chi connectivity index (χ0) is 10.0. The van der Waals surface area contributed by atoms with Gasteiger partial charge in [-0.1, -0.05) is 28.9 Å². The van der Waals surface area contributed by atoms with Crippen molar-refractivity contribution in [3.8, 4) is 0 Å². The van der Waals surface area contributed by atoms with Crippen LogP contribution in [0.25, 0.3) is 0 Å². The maximum absolute atomic E-state index is 5.98. The third-order valence-electron chi connectivity index (χ3n) is 2.45. The van der Waals surface area contributed by atoms with Gasteiger partial charge in [0.25, 0.3) is 0 Å². The lowest BCUT2D eigenvalue weighted by Gasteiger charge is -2.13. The van der Waals surface area contributed by atoms with Crippen molar-refractivity contribution in [2.24, 2.45) is 5.73 Å². The van der Waals surface area contributed by atoms with Gasteiger partial charge in [-0.2, -0.15) is 0 Å². The van der Waals surface area contributed by atoms with Gasteiger partial charge < -0.3 is 5.73 Å². The molecule has 0 aliphatic heterocycles. The highest BCUT2D eigenvalue weighted by Crippen LogP contribution is 2.26. The molecular formula is C11H16BrN. The van der Waals surface area contributed by atoms with Gasteiger partial charge in [-0.05, 0) is 43.0 Å². The third-order valence-corrected chi connectivity index (χ3v) is 3.14. The molecule has 0 saturated carbocycles. The maximum atomic E-state index is 5.98. The van der Waals surface area contributed by atoms with E-state index in [0.29, 0.717) is 0 Å². The van der Waals surface area contributed by atoms with Crippen molar-refractivity contribution in [2.75, 3.05) is 0 Å². The molecule has 0 aliphatic rings. The standard InChI is InChI=1S/C11H16BrN/c1-4-11(13)9-5-7(2)8(3)6-10(9)12/h5-6,11H,4,13H2,1-3H3. The molecule has 2 heteroatoms. The average molecular weight is 242 g/mol. The maximum Gasteiger partial charge on any atom is 0.0303 e. The highest BCUT2D eigenvalue weighted by atomic mass is 79.9. The van der Waals surface area contributed by atoms with E-state index in [0.717, 1.165) is 10.9 Å². The quantitative estimate of drug-likeness (QED) is 0.844. The van der Waals surface area contributed by atoms with Gasteiger partial charge in [0.2, 0.25) is 0 Å². The van der Waals surface area contributed by atoms with E-state index < -0.39 is 0 Å². The first-order chi connectivity index (χ1) is 6.06. The summed E-state index contributed by atoms with van der Waals surface area (Å²) in [6.07, 6.45) is 0.973. The Morgan fingerprint density at radius 3 is 2.38 bits per heavy atom. The Hall–Kier alpha value is -0.340. The lowest BCUT2D eigenvalue weighted by atomic mass is 10.0. The van der Waals surface area contributed by atoms with E-state index >= 15 is 0 Å². The minimum Gasteiger partial charge on any atom is -0.324 e. The second-order valence-electron chi connectivity index (χ2n) is 3.47. The summed E-state index contributed by atoms with van der Waals surface area (Å²) in [5.74, 6) is 0. The molecule has 0 aliphatic carbocycles. The van der Waals surface area contributed by atoms with Crippen LogP contribution < -0.4 is 5.73 Å². The second kappa shape index (κ2) is 4.25. The van der Waals surface area contributed by atoms with Crippen LogP contribution in [0.4, 0.5) is 0 Å². The van der Waals surface area contributed by atoms with Crippen molar-refractivity contribution in [3.05, 3.63) is 33.3 Å². The van der Waals surface area contributed by atoms with Crippen LogP contribution in [0.2, 0.25) is 0 Å². The van der Waals surface area contributed by atoms with E-state index in [1.807, 2.05) is 0 Å². The molecule has 0 spiro atoms. The summed E-state index contributed by atoms with van der Waals surface area (Å²) in [6, 6.07) is 4.46. The van der Waals surface area contributed by atoms with Crippen LogP contribution in [-0.4, -0.2) is 0 Å². The molecule has 0 amide bonds. The lowest BCUT2D eigenvalue weighted by molar-refractivity contribution is 0.694. The smallest absolute Gasteiger partial charge is 0.0303 e. The number of hydrogen-bond donors (Lipinski definition) is 1. The van der Waals surface area contributed by atoms with Crippen LogP contribution in [0, 0.1) is 13.8 Å². The molecule has 0 saturated heterocycles. The molecule has 1 aromatic rings. The van der Waals surface area contributed by atoms with Gasteiger partial charge in [-0.15, -0.1) is 0 Å². The molecule has 0 aromatic heterocycles. The normalized spacial score (nSPS) is 13.0. The number of rotatable bonds is 2. The third kappa shape index (κ3) is 2.32. The Bertz CT molecular complexity index is 307. The van der Waals surface area contributed by atoms with Crippen molar-refractivity contribution >= 4 is 15.9 Å². The molecule has 1 atom stereocenters. The molecule has 2 N–H and O–H groups in total. The molecular weight excluding hydrogens is 226 g/mol. The Kier molecular flexibility index (Phi) is 3.51.